The molecule has 0 N–H and O–H groups in total. The zero-order chi connectivity index (χ0) is 13.3. The van der Waals surface area contributed by atoms with Gasteiger partial charge in [0.05, 0.1) is 17.5 Å². The van der Waals surface area contributed by atoms with E-state index in [9.17, 15) is 8.42 Å². The second-order valence-electron chi connectivity index (χ2n) is 4.44. The Morgan fingerprint density at radius 3 is 2.89 bits per heavy atom. The monoisotopic (exact) mass is 279 g/mol. The summed E-state index contributed by atoms with van der Waals surface area (Å²) in [5, 5.41) is 3.87. The first-order valence-electron chi connectivity index (χ1n) is 5.94. The molecule has 1 saturated heterocycles. The highest BCUT2D eigenvalue weighted by Gasteiger charge is 2.34. The normalized spacial score (nSPS) is 22.3. The molecule has 0 bridgehead atoms. The SMILES string of the molecule is O=S1(=O)CCN(c2ccccn2)C(c2ccon2)C1. The van der Waals surface area contributed by atoms with Gasteiger partial charge in [0.25, 0.3) is 0 Å². The van der Waals surface area contributed by atoms with Crippen LogP contribution in [-0.4, -0.2) is 36.6 Å². The standard InChI is InChI=1S/C12H13N3O3S/c16-19(17)8-6-15(12-3-1-2-5-13-12)11(9-19)10-4-7-18-14-10/h1-5,7,11H,6,8-9H2. The Morgan fingerprint density at radius 1 is 1.32 bits per heavy atom. The molecular formula is C12H13N3O3S. The third-order valence-electron chi connectivity index (χ3n) is 3.17. The van der Waals surface area contributed by atoms with Gasteiger partial charge in [0.15, 0.2) is 9.84 Å². The summed E-state index contributed by atoms with van der Waals surface area (Å²) in [7, 11) is -3.05. The van der Waals surface area contributed by atoms with Crippen molar-refractivity contribution in [3.8, 4) is 0 Å². The fraction of sp³-hybridized carbons (Fsp3) is 0.333. The fourth-order valence-corrected chi connectivity index (χ4v) is 3.72. The number of sulfone groups is 1. The molecule has 0 aromatic carbocycles. The van der Waals surface area contributed by atoms with Crippen LogP contribution in [0, 0.1) is 0 Å². The van der Waals surface area contributed by atoms with Gasteiger partial charge < -0.3 is 9.42 Å². The molecule has 1 fully saturated rings. The lowest BCUT2D eigenvalue weighted by atomic mass is 10.2. The zero-order valence-corrected chi connectivity index (χ0v) is 11.0. The first-order valence-corrected chi connectivity index (χ1v) is 7.76. The molecule has 1 unspecified atom stereocenters. The Hall–Kier alpha value is -1.89. The van der Waals surface area contributed by atoms with Gasteiger partial charge >= 0.3 is 0 Å². The van der Waals surface area contributed by atoms with Crippen LogP contribution in [0.2, 0.25) is 0 Å². The quantitative estimate of drug-likeness (QED) is 0.817. The molecule has 0 amide bonds. The summed E-state index contributed by atoms with van der Waals surface area (Å²) in [5.74, 6) is 0.930. The highest BCUT2D eigenvalue weighted by Crippen LogP contribution is 2.29. The average molecular weight is 279 g/mol. The summed E-state index contributed by atoms with van der Waals surface area (Å²) in [6.45, 7) is 0.414. The highest BCUT2D eigenvalue weighted by molar-refractivity contribution is 7.91. The van der Waals surface area contributed by atoms with Gasteiger partial charge in [-0.2, -0.15) is 0 Å². The van der Waals surface area contributed by atoms with Crippen LogP contribution < -0.4 is 4.90 Å². The van der Waals surface area contributed by atoms with Crippen molar-refractivity contribution < 1.29 is 12.9 Å². The molecule has 2 aromatic rings. The molecule has 3 heterocycles. The van der Waals surface area contributed by atoms with E-state index in [1.54, 1.807) is 12.3 Å². The third kappa shape index (κ3) is 2.46. The van der Waals surface area contributed by atoms with E-state index < -0.39 is 9.84 Å². The summed E-state index contributed by atoms with van der Waals surface area (Å²) >= 11 is 0. The third-order valence-corrected chi connectivity index (χ3v) is 4.80. The number of rotatable bonds is 2. The van der Waals surface area contributed by atoms with E-state index in [1.165, 1.54) is 6.26 Å². The van der Waals surface area contributed by atoms with Crippen molar-refractivity contribution in [2.75, 3.05) is 23.0 Å². The molecule has 0 radical (unpaired) electrons. The van der Waals surface area contributed by atoms with Crippen molar-refractivity contribution in [3.63, 3.8) is 0 Å². The van der Waals surface area contributed by atoms with Gasteiger partial charge in [-0.05, 0) is 12.1 Å². The van der Waals surface area contributed by atoms with E-state index in [4.69, 9.17) is 4.52 Å². The Bertz CT molecular complexity index is 640. The van der Waals surface area contributed by atoms with Gasteiger partial charge in [0.1, 0.15) is 17.8 Å². The molecule has 6 nitrogen and oxygen atoms in total. The number of nitrogens with zero attached hydrogens (tertiary/aromatic N) is 3. The summed E-state index contributed by atoms with van der Waals surface area (Å²) in [5.41, 5.74) is 0.619. The lowest BCUT2D eigenvalue weighted by molar-refractivity contribution is 0.404. The minimum Gasteiger partial charge on any atom is -0.364 e. The summed E-state index contributed by atoms with van der Waals surface area (Å²) in [4.78, 5) is 6.24. The van der Waals surface area contributed by atoms with Crippen LogP contribution in [-0.2, 0) is 9.84 Å². The molecule has 1 atom stereocenters. The molecule has 100 valence electrons. The van der Waals surface area contributed by atoms with Gasteiger partial charge in [0, 0.05) is 18.8 Å². The van der Waals surface area contributed by atoms with Crippen molar-refractivity contribution >= 4 is 15.7 Å². The maximum Gasteiger partial charge on any atom is 0.154 e. The van der Waals surface area contributed by atoms with E-state index in [0.29, 0.717) is 12.2 Å². The number of hydrogen-bond acceptors (Lipinski definition) is 6. The van der Waals surface area contributed by atoms with Crippen LogP contribution in [0.1, 0.15) is 11.7 Å². The van der Waals surface area contributed by atoms with Crippen molar-refractivity contribution in [2.45, 2.75) is 6.04 Å². The summed E-state index contributed by atoms with van der Waals surface area (Å²) < 4.78 is 28.5. The lowest BCUT2D eigenvalue weighted by Gasteiger charge is -2.35. The van der Waals surface area contributed by atoms with Crippen LogP contribution in [0.5, 0.6) is 0 Å². The van der Waals surface area contributed by atoms with Crippen LogP contribution in [0.3, 0.4) is 0 Å². The average Bonchev–Trinajstić information content (AvgIpc) is 2.92. The van der Waals surface area contributed by atoms with Gasteiger partial charge in [-0.25, -0.2) is 13.4 Å². The molecule has 3 rings (SSSR count). The maximum atomic E-state index is 11.8. The van der Waals surface area contributed by atoms with E-state index in [-0.39, 0.29) is 17.5 Å². The molecule has 7 heteroatoms. The van der Waals surface area contributed by atoms with Crippen LogP contribution in [0.4, 0.5) is 5.82 Å². The van der Waals surface area contributed by atoms with Gasteiger partial charge in [-0.15, -0.1) is 0 Å². The van der Waals surface area contributed by atoms with Crippen molar-refractivity contribution in [2.24, 2.45) is 0 Å². The largest absolute Gasteiger partial charge is 0.364 e. The summed E-state index contributed by atoms with van der Waals surface area (Å²) in [6.07, 6.45) is 3.14. The number of anilines is 1. The molecule has 1 aliphatic heterocycles. The Labute approximate surface area is 111 Å². The predicted octanol–water partition coefficient (Wildman–Crippen LogP) is 1.05. The maximum absolute atomic E-state index is 11.8. The Morgan fingerprint density at radius 2 is 2.21 bits per heavy atom. The molecule has 0 saturated carbocycles. The molecule has 0 aliphatic carbocycles. The van der Waals surface area contributed by atoms with Crippen LogP contribution >= 0.6 is 0 Å². The van der Waals surface area contributed by atoms with E-state index >= 15 is 0 Å². The minimum absolute atomic E-state index is 0.0378. The Balaban J connectivity index is 1.98. The van der Waals surface area contributed by atoms with Crippen LogP contribution in [0.15, 0.2) is 41.2 Å². The minimum atomic E-state index is -3.05. The van der Waals surface area contributed by atoms with Crippen molar-refractivity contribution in [3.05, 3.63) is 42.4 Å². The Kier molecular flexibility index (Phi) is 2.98. The fourth-order valence-electron chi connectivity index (χ4n) is 2.24. The molecule has 1 aliphatic rings. The smallest absolute Gasteiger partial charge is 0.154 e. The molecule has 19 heavy (non-hydrogen) atoms. The topological polar surface area (TPSA) is 76.3 Å². The number of hydrogen-bond donors (Lipinski definition) is 0. The van der Waals surface area contributed by atoms with Crippen LogP contribution in [0.25, 0.3) is 0 Å². The van der Waals surface area contributed by atoms with Gasteiger partial charge in [0.2, 0.25) is 0 Å². The lowest BCUT2D eigenvalue weighted by Crippen LogP contribution is -2.43. The molecule has 2 aromatic heterocycles. The predicted molar refractivity (Wildman–Crippen MR) is 69.5 cm³/mol. The van der Waals surface area contributed by atoms with E-state index in [1.807, 2.05) is 23.1 Å². The number of pyridine rings is 1. The second kappa shape index (κ2) is 4.65. The zero-order valence-electron chi connectivity index (χ0n) is 10.1. The molecular weight excluding hydrogens is 266 g/mol. The first kappa shape index (κ1) is 12.2. The van der Waals surface area contributed by atoms with Crippen molar-refractivity contribution in [1.82, 2.24) is 10.1 Å². The molecule has 0 spiro atoms. The van der Waals surface area contributed by atoms with E-state index in [0.717, 1.165) is 5.82 Å². The van der Waals surface area contributed by atoms with Crippen molar-refractivity contribution in [1.29, 1.82) is 0 Å². The highest BCUT2D eigenvalue weighted by atomic mass is 32.2. The number of aromatic nitrogens is 2. The summed E-state index contributed by atoms with van der Waals surface area (Å²) in [6, 6.07) is 6.93. The van der Waals surface area contributed by atoms with Gasteiger partial charge in [-0.1, -0.05) is 11.2 Å². The van der Waals surface area contributed by atoms with Gasteiger partial charge in [-0.3, -0.25) is 0 Å². The van der Waals surface area contributed by atoms with E-state index in [2.05, 4.69) is 10.1 Å². The second-order valence-corrected chi connectivity index (χ2v) is 6.66. The first-order chi connectivity index (χ1) is 9.16.